The quantitative estimate of drug-likeness (QED) is 0.851. The van der Waals surface area contributed by atoms with Gasteiger partial charge in [-0.15, -0.1) is 0 Å². The van der Waals surface area contributed by atoms with Gasteiger partial charge in [-0.3, -0.25) is 9.59 Å². The molecule has 0 aliphatic carbocycles. The van der Waals surface area contributed by atoms with Crippen LogP contribution >= 0.6 is 0 Å². The smallest absolute Gasteiger partial charge is 0.321 e. The minimum absolute atomic E-state index is 0.00131. The number of hydrogen-bond donors (Lipinski definition) is 2. The zero-order valence-corrected chi connectivity index (χ0v) is 13.9. The number of piperidine rings is 1. The number of carbonyl (C=O) groups is 3. The van der Waals surface area contributed by atoms with Crippen LogP contribution in [0.3, 0.4) is 0 Å². The lowest BCUT2D eigenvalue weighted by molar-refractivity contribution is -0.145. The van der Waals surface area contributed by atoms with Crippen LogP contribution in [-0.4, -0.2) is 58.5 Å². The third kappa shape index (κ3) is 3.04. The van der Waals surface area contributed by atoms with Crippen molar-refractivity contribution in [3.8, 4) is 0 Å². The van der Waals surface area contributed by atoms with E-state index >= 15 is 0 Å². The molecule has 2 saturated heterocycles. The van der Waals surface area contributed by atoms with Gasteiger partial charge in [0, 0.05) is 32.2 Å². The van der Waals surface area contributed by atoms with Crippen molar-refractivity contribution in [3.63, 3.8) is 0 Å². The molecule has 2 fully saturated rings. The lowest BCUT2D eigenvalue weighted by Gasteiger charge is -2.45. The SMILES string of the molecule is CN1C(=O)CC(C(=O)O)C12CCN(C(=O)Nc1cccc(F)c1)CC2. The van der Waals surface area contributed by atoms with E-state index in [1.807, 2.05) is 0 Å². The van der Waals surface area contributed by atoms with Crippen LogP contribution in [-0.2, 0) is 9.59 Å². The molecule has 2 aliphatic rings. The highest BCUT2D eigenvalue weighted by atomic mass is 19.1. The van der Waals surface area contributed by atoms with E-state index in [4.69, 9.17) is 0 Å². The summed E-state index contributed by atoms with van der Waals surface area (Å²) in [4.78, 5) is 39.0. The van der Waals surface area contributed by atoms with Crippen LogP contribution in [0.1, 0.15) is 19.3 Å². The molecule has 3 rings (SSSR count). The molecule has 2 heterocycles. The van der Waals surface area contributed by atoms with Gasteiger partial charge in [0.05, 0.1) is 11.5 Å². The number of urea groups is 1. The summed E-state index contributed by atoms with van der Waals surface area (Å²) in [6, 6.07) is 5.26. The number of likely N-dealkylation sites (tertiary alicyclic amines) is 2. The zero-order valence-electron chi connectivity index (χ0n) is 13.9. The fourth-order valence-corrected chi connectivity index (χ4v) is 3.85. The first-order valence-electron chi connectivity index (χ1n) is 8.14. The van der Waals surface area contributed by atoms with Gasteiger partial charge in [-0.2, -0.15) is 0 Å². The molecule has 2 aliphatic heterocycles. The van der Waals surface area contributed by atoms with Crippen molar-refractivity contribution in [3.05, 3.63) is 30.1 Å². The molecule has 0 bridgehead atoms. The number of amides is 3. The van der Waals surface area contributed by atoms with Crippen molar-refractivity contribution in [2.75, 3.05) is 25.5 Å². The second-order valence-corrected chi connectivity index (χ2v) is 6.58. The second kappa shape index (κ2) is 6.34. The predicted molar refractivity (Wildman–Crippen MR) is 87.5 cm³/mol. The Hall–Kier alpha value is -2.64. The number of carboxylic acid groups (broad SMARTS) is 1. The number of aliphatic carboxylic acids is 1. The molecule has 25 heavy (non-hydrogen) atoms. The molecule has 0 radical (unpaired) electrons. The van der Waals surface area contributed by atoms with Crippen LogP contribution in [0, 0.1) is 11.7 Å². The molecular weight excluding hydrogens is 329 g/mol. The van der Waals surface area contributed by atoms with Gasteiger partial charge >= 0.3 is 12.0 Å². The van der Waals surface area contributed by atoms with E-state index in [2.05, 4.69) is 5.32 Å². The Balaban J connectivity index is 1.67. The van der Waals surface area contributed by atoms with Gasteiger partial charge < -0.3 is 20.2 Å². The van der Waals surface area contributed by atoms with E-state index in [9.17, 15) is 23.9 Å². The zero-order chi connectivity index (χ0) is 18.2. The maximum absolute atomic E-state index is 13.2. The molecule has 2 N–H and O–H groups in total. The summed E-state index contributed by atoms with van der Waals surface area (Å²) in [5.74, 6) is -2.34. The minimum Gasteiger partial charge on any atom is -0.481 e. The fourth-order valence-electron chi connectivity index (χ4n) is 3.85. The molecule has 1 aromatic rings. The number of nitrogens with zero attached hydrogens (tertiary/aromatic N) is 2. The van der Waals surface area contributed by atoms with Crippen LogP contribution in [0.5, 0.6) is 0 Å². The van der Waals surface area contributed by atoms with Gasteiger partial charge in [-0.25, -0.2) is 9.18 Å². The first-order valence-corrected chi connectivity index (χ1v) is 8.14. The average Bonchev–Trinajstić information content (AvgIpc) is 2.81. The van der Waals surface area contributed by atoms with E-state index < -0.39 is 23.2 Å². The monoisotopic (exact) mass is 349 g/mol. The van der Waals surface area contributed by atoms with Crippen molar-refractivity contribution in [2.45, 2.75) is 24.8 Å². The molecule has 0 aromatic heterocycles. The summed E-state index contributed by atoms with van der Waals surface area (Å²) in [5.41, 5.74) is -0.375. The lowest BCUT2D eigenvalue weighted by atomic mass is 9.77. The maximum atomic E-state index is 13.2. The van der Waals surface area contributed by atoms with E-state index in [1.165, 1.54) is 23.1 Å². The first kappa shape index (κ1) is 17.2. The standard InChI is InChI=1S/C17H20FN3O4/c1-20-14(22)10-13(15(23)24)17(20)5-7-21(8-6-17)16(25)19-12-4-2-3-11(18)9-12/h2-4,9,13H,5-8,10H2,1H3,(H,19,25)(H,23,24). The van der Waals surface area contributed by atoms with Gasteiger partial charge in [-0.05, 0) is 31.0 Å². The summed E-state index contributed by atoms with van der Waals surface area (Å²) in [5, 5.41) is 12.1. The lowest BCUT2D eigenvalue weighted by Crippen LogP contribution is -2.57. The number of benzene rings is 1. The highest BCUT2D eigenvalue weighted by molar-refractivity contribution is 5.90. The Kier molecular flexibility index (Phi) is 4.36. The second-order valence-electron chi connectivity index (χ2n) is 6.58. The van der Waals surface area contributed by atoms with Crippen LogP contribution in [0.15, 0.2) is 24.3 Å². The largest absolute Gasteiger partial charge is 0.481 e. The maximum Gasteiger partial charge on any atom is 0.321 e. The third-order valence-electron chi connectivity index (χ3n) is 5.36. The molecule has 1 atom stereocenters. The van der Waals surface area contributed by atoms with Crippen LogP contribution in [0.4, 0.5) is 14.9 Å². The number of nitrogens with one attached hydrogen (secondary N) is 1. The number of rotatable bonds is 2. The Morgan fingerprint density at radius 1 is 1.32 bits per heavy atom. The average molecular weight is 349 g/mol. The number of carboxylic acids is 1. The topological polar surface area (TPSA) is 90.0 Å². The summed E-state index contributed by atoms with van der Waals surface area (Å²) < 4.78 is 13.2. The molecule has 1 spiro atoms. The van der Waals surface area contributed by atoms with Crippen LogP contribution in [0.25, 0.3) is 0 Å². The van der Waals surface area contributed by atoms with Crippen LogP contribution in [0.2, 0.25) is 0 Å². The summed E-state index contributed by atoms with van der Waals surface area (Å²) in [7, 11) is 1.63. The molecule has 1 aromatic carbocycles. The highest BCUT2D eigenvalue weighted by Gasteiger charge is 2.55. The van der Waals surface area contributed by atoms with E-state index in [-0.39, 0.29) is 18.4 Å². The number of halogens is 1. The molecular formula is C17H20FN3O4. The Bertz CT molecular complexity index is 716. The van der Waals surface area contributed by atoms with E-state index in [0.29, 0.717) is 31.6 Å². The van der Waals surface area contributed by atoms with E-state index in [0.717, 1.165) is 0 Å². The summed E-state index contributed by atoms with van der Waals surface area (Å²) >= 11 is 0. The number of carbonyl (C=O) groups excluding carboxylic acids is 2. The Labute approximate surface area is 144 Å². The normalized spacial score (nSPS) is 22.3. The van der Waals surface area contributed by atoms with Crippen molar-refractivity contribution >= 4 is 23.6 Å². The van der Waals surface area contributed by atoms with Gasteiger partial charge in [-0.1, -0.05) is 6.07 Å². The predicted octanol–water partition coefficient (Wildman–Crippen LogP) is 1.76. The van der Waals surface area contributed by atoms with Crippen LogP contribution < -0.4 is 5.32 Å². The number of anilines is 1. The Morgan fingerprint density at radius 3 is 2.60 bits per heavy atom. The first-order chi connectivity index (χ1) is 11.8. The molecule has 134 valence electrons. The molecule has 3 amide bonds. The Morgan fingerprint density at radius 2 is 2.00 bits per heavy atom. The summed E-state index contributed by atoms with van der Waals surface area (Å²) in [6.45, 7) is 0.672. The van der Waals surface area contributed by atoms with E-state index in [1.54, 1.807) is 18.0 Å². The molecule has 0 saturated carbocycles. The van der Waals surface area contributed by atoms with Crippen molar-refractivity contribution in [2.24, 2.45) is 5.92 Å². The highest BCUT2D eigenvalue weighted by Crippen LogP contribution is 2.42. The van der Waals surface area contributed by atoms with Gasteiger partial charge in [0.25, 0.3) is 0 Å². The van der Waals surface area contributed by atoms with Gasteiger partial charge in [0.2, 0.25) is 5.91 Å². The van der Waals surface area contributed by atoms with Crippen molar-refractivity contribution < 1.29 is 23.9 Å². The summed E-state index contributed by atoms with van der Waals surface area (Å²) in [6.07, 6.45) is 0.812. The fraction of sp³-hybridized carbons (Fsp3) is 0.471. The third-order valence-corrected chi connectivity index (χ3v) is 5.36. The number of hydrogen-bond acceptors (Lipinski definition) is 3. The molecule has 8 heteroatoms. The van der Waals surface area contributed by atoms with Gasteiger partial charge in [0.15, 0.2) is 0 Å². The van der Waals surface area contributed by atoms with Crippen molar-refractivity contribution in [1.29, 1.82) is 0 Å². The van der Waals surface area contributed by atoms with Gasteiger partial charge in [0.1, 0.15) is 5.82 Å². The minimum atomic E-state index is -0.977. The molecule has 1 unspecified atom stereocenters. The van der Waals surface area contributed by atoms with Crippen molar-refractivity contribution in [1.82, 2.24) is 9.80 Å². The molecule has 7 nitrogen and oxygen atoms in total.